The molecule has 0 spiro atoms. The van der Waals surface area contributed by atoms with Crippen molar-refractivity contribution in [3.05, 3.63) is 69.0 Å². The number of nitrogens with zero attached hydrogens (tertiary/aromatic N) is 6. The van der Waals surface area contributed by atoms with Gasteiger partial charge in [-0.05, 0) is 36.6 Å². The Kier molecular flexibility index (Phi) is 6.64. The monoisotopic (exact) mass is 480 g/mol. The highest BCUT2D eigenvalue weighted by Gasteiger charge is 2.19. The Morgan fingerprint density at radius 1 is 1.15 bits per heavy atom. The van der Waals surface area contributed by atoms with Crippen LogP contribution in [0.1, 0.15) is 20.3 Å². The number of nitro groups is 1. The van der Waals surface area contributed by atoms with Crippen LogP contribution >= 0.6 is 11.8 Å². The van der Waals surface area contributed by atoms with Gasteiger partial charge in [0.1, 0.15) is 0 Å². The van der Waals surface area contributed by atoms with Gasteiger partial charge in [-0.15, -0.1) is 10.2 Å². The van der Waals surface area contributed by atoms with E-state index >= 15 is 0 Å². The Morgan fingerprint density at radius 2 is 1.85 bits per heavy atom. The van der Waals surface area contributed by atoms with Crippen molar-refractivity contribution in [1.29, 1.82) is 0 Å². The number of non-ortho nitro benzene ring substituents is 1. The molecule has 11 heteroatoms. The van der Waals surface area contributed by atoms with E-state index in [1.54, 1.807) is 17.7 Å². The van der Waals surface area contributed by atoms with E-state index in [2.05, 4.69) is 24.0 Å². The van der Waals surface area contributed by atoms with Gasteiger partial charge in [0.25, 0.3) is 11.2 Å². The van der Waals surface area contributed by atoms with E-state index in [0.717, 1.165) is 6.42 Å². The normalized spacial score (nSPS) is 11.4. The molecular weight excluding hydrogens is 456 g/mol. The molecule has 0 aliphatic rings. The number of nitro benzene ring substituents is 1. The molecule has 2 aromatic heterocycles. The van der Waals surface area contributed by atoms with Gasteiger partial charge in [-0.3, -0.25) is 28.7 Å². The number of rotatable bonds is 8. The minimum atomic E-state index is -0.483. The van der Waals surface area contributed by atoms with Gasteiger partial charge in [-0.25, -0.2) is 0 Å². The second-order valence-corrected chi connectivity index (χ2v) is 9.23. The van der Waals surface area contributed by atoms with Crippen molar-refractivity contribution in [3.8, 4) is 0 Å². The summed E-state index contributed by atoms with van der Waals surface area (Å²) in [6.45, 7) is 4.72. The van der Waals surface area contributed by atoms with E-state index in [0.29, 0.717) is 40.0 Å². The van der Waals surface area contributed by atoms with Crippen molar-refractivity contribution in [3.63, 3.8) is 0 Å². The van der Waals surface area contributed by atoms with Gasteiger partial charge in [-0.1, -0.05) is 37.7 Å². The largest absolute Gasteiger partial charge is 0.315 e. The van der Waals surface area contributed by atoms with Gasteiger partial charge in [0.05, 0.1) is 21.6 Å². The summed E-state index contributed by atoms with van der Waals surface area (Å²) in [5.41, 5.74) is 1.09. The molecule has 10 nitrogen and oxygen atoms in total. The quantitative estimate of drug-likeness (QED) is 0.214. The topological polar surface area (TPSA) is 116 Å². The third-order valence-corrected chi connectivity index (χ3v) is 6.47. The maximum absolute atomic E-state index is 13.1. The number of aromatic nitrogens is 4. The van der Waals surface area contributed by atoms with Crippen molar-refractivity contribution >= 4 is 45.7 Å². The number of amides is 1. The lowest BCUT2D eigenvalue weighted by Crippen LogP contribution is -2.28. The molecular formula is C23H24N6O4S. The molecule has 1 amide bonds. The average molecular weight is 481 g/mol. The Balaban J connectivity index is 1.63. The zero-order chi connectivity index (χ0) is 24.4. The number of carbonyl (C=O) groups is 1. The van der Waals surface area contributed by atoms with Crippen molar-refractivity contribution in [2.75, 3.05) is 17.7 Å². The molecule has 2 aromatic carbocycles. The molecule has 0 saturated carbocycles. The standard InChI is InChI=1S/C23H24N6O4S/c1-15(2)12-13-27-21(31)18-6-4-5-7-19(18)28-22(27)24-25-23(28)34-14-20(30)26(3)16-8-10-17(11-9-16)29(32)33/h4-11,15H,12-14H2,1-3H3. The van der Waals surface area contributed by atoms with Crippen LogP contribution in [0.3, 0.4) is 0 Å². The minimum Gasteiger partial charge on any atom is -0.315 e. The highest BCUT2D eigenvalue weighted by Crippen LogP contribution is 2.24. The minimum absolute atomic E-state index is 0.0377. The van der Waals surface area contributed by atoms with Crippen LogP contribution in [-0.4, -0.2) is 42.8 Å². The predicted molar refractivity (Wildman–Crippen MR) is 131 cm³/mol. The Morgan fingerprint density at radius 3 is 2.53 bits per heavy atom. The summed E-state index contributed by atoms with van der Waals surface area (Å²) in [6.07, 6.45) is 0.821. The molecule has 0 bridgehead atoms. The first-order valence-electron chi connectivity index (χ1n) is 10.8. The SMILES string of the molecule is CC(C)CCn1c(=O)c2ccccc2n2c(SCC(=O)N(C)c3ccc([N+](=O)[O-])cc3)nnc12. The number of carbonyl (C=O) groups excluding carboxylic acids is 1. The second-order valence-electron chi connectivity index (χ2n) is 8.29. The molecule has 0 aliphatic carbocycles. The summed E-state index contributed by atoms with van der Waals surface area (Å²) in [6, 6.07) is 13.1. The number of para-hydroxylation sites is 1. The summed E-state index contributed by atoms with van der Waals surface area (Å²) in [5, 5.41) is 20.5. The number of thioether (sulfide) groups is 1. The fourth-order valence-electron chi connectivity index (χ4n) is 3.58. The van der Waals surface area contributed by atoms with Gasteiger partial charge in [-0.2, -0.15) is 0 Å². The summed E-state index contributed by atoms with van der Waals surface area (Å²) < 4.78 is 3.46. The van der Waals surface area contributed by atoms with Crippen molar-refractivity contribution < 1.29 is 9.72 Å². The van der Waals surface area contributed by atoms with Gasteiger partial charge < -0.3 is 4.90 Å². The Hall–Kier alpha value is -3.73. The van der Waals surface area contributed by atoms with Crippen LogP contribution in [0.4, 0.5) is 11.4 Å². The second kappa shape index (κ2) is 9.64. The Bertz CT molecular complexity index is 1430. The fraction of sp³-hybridized carbons (Fsp3) is 0.304. The first-order valence-corrected chi connectivity index (χ1v) is 11.8. The number of benzene rings is 2. The molecule has 0 fully saturated rings. The average Bonchev–Trinajstić information content (AvgIpc) is 3.25. The van der Waals surface area contributed by atoms with E-state index in [-0.39, 0.29) is 22.9 Å². The molecule has 0 aliphatic heterocycles. The zero-order valence-corrected chi connectivity index (χ0v) is 19.9. The zero-order valence-electron chi connectivity index (χ0n) is 19.0. The van der Waals surface area contributed by atoms with E-state index in [4.69, 9.17) is 0 Å². The number of hydrogen-bond donors (Lipinski definition) is 0. The van der Waals surface area contributed by atoms with Gasteiger partial charge >= 0.3 is 0 Å². The lowest BCUT2D eigenvalue weighted by Gasteiger charge is -2.17. The first kappa shape index (κ1) is 23.4. The summed E-state index contributed by atoms with van der Waals surface area (Å²) in [5.74, 6) is 0.743. The first-order chi connectivity index (χ1) is 16.3. The van der Waals surface area contributed by atoms with Crippen molar-refractivity contribution in [2.45, 2.75) is 32.0 Å². The molecule has 34 heavy (non-hydrogen) atoms. The maximum atomic E-state index is 13.1. The van der Waals surface area contributed by atoms with Crippen LogP contribution in [0.15, 0.2) is 58.5 Å². The highest BCUT2D eigenvalue weighted by atomic mass is 32.2. The van der Waals surface area contributed by atoms with E-state index in [9.17, 15) is 19.7 Å². The Labute approximate surface area is 199 Å². The third kappa shape index (κ3) is 4.51. The highest BCUT2D eigenvalue weighted by molar-refractivity contribution is 7.99. The molecule has 0 saturated heterocycles. The molecule has 0 unspecified atom stereocenters. The summed E-state index contributed by atoms with van der Waals surface area (Å²) >= 11 is 1.22. The molecule has 0 N–H and O–H groups in total. The lowest BCUT2D eigenvalue weighted by molar-refractivity contribution is -0.384. The molecule has 176 valence electrons. The number of aryl methyl sites for hydroxylation is 1. The van der Waals surface area contributed by atoms with Crippen LogP contribution in [0.5, 0.6) is 0 Å². The number of hydrogen-bond acceptors (Lipinski definition) is 7. The molecule has 0 radical (unpaired) electrons. The fourth-order valence-corrected chi connectivity index (χ4v) is 4.43. The maximum Gasteiger partial charge on any atom is 0.269 e. The van der Waals surface area contributed by atoms with Crippen molar-refractivity contribution in [2.24, 2.45) is 5.92 Å². The number of fused-ring (bicyclic) bond motifs is 3. The summed E-state index contributed by atoms with van der Waals surface area (Å²) in [4.78, 5) is 37.7. The van der Waals surface area contributed by atoms with Crippen molar-refractivity contribution in [1.82, 2.24) is 19.2 Å². The van der Waals surface area contributed by atoms with Crippen LogP contribution in [0.25, 0.3) is 16.7 Å². The summed E-state index contributed by atoms with van der Waals surface area (Å²) in [7, 11) is 1.62. The van der Waals surface area contributed by atoms with Crippen LogP contribution in [0.2, 0.25) is 0 Å². The van der Waals surface area contributed by atoms with E-state index in [1.807, 2.05) is 22.6 Å². The number of anilines is 1. The smallest absolute Gasteiger partial charge is 0.269 e. The van der Waals surface area contributed by atoms with Crippen LogP contribution in [0, 0.1) is 16.0 Å². The van der Waals surface area contributed by atoms with Gasteiger partial charge in [0, 0.05) is 31.4 Å². The molecule has 2 heterocycles. The lowest BCUT2D eigenvalue weighted by atomic mass is 10.1. The van der Waals surface area contributed by atoms with Gasteiger partial charge in [0.2, 0.25) is 11.7 Å². The van der Waals surface area contributed by atoms with Crippen LogP contribution < -0.4 is 10.5 Å². The molecule has 4 aromatic rings. The van der Waals surface area contributed by atoms with Gasteiger partial charge in [0.15, 0.2) is 5.16 Å². The third-order valence-electron chi connectivity index (χ3n) is 5.55. The molecule has 4 rings (SSSR count). The van der Waals surface area contributed by atoms with E-state index < -0.39 is 4.92 Å². The van der Waals surface area contributed by atoms with E-state index in [1.165, 1.54) is 40.9 Å². The molecule has 0 atom stereocenters. The predicted octanol–water partition coefficient (Wildman–Crippen LogP) is 3.75. The van der Waals surface area contributed by atoms with Crippen LogP contribution in [-0.2, 0) is 11.3 Å².